The van der Waals surface area contributed by atoms with Crippen LogP contribution >= 0.6 is 11.6 Å². The summed E-state index contributed by atoms with van der Waals surface area (Å²) in [5.74, 6) is -1.57. The third-order valence-corrected chi connectivity index (χ3v) is 7.89. The summed E-state index contributed by atoms with van der Waals surface area (Å²) >= 11 is 6.57. The molecule has 2 aliphatic carbocycles. The number of aliphatic hydroxyl groups is 1. The number of Topliss-reactive ketones (excluding diaryl/α,β-unsaturated/α-hetero) is 1. The van der Waals surface area contributed by atoms with Crippen LogP contribution in [-0.4, -0.2) is 34.2 Å². The lowest BCUT2D eigenvalue weighted by Crippen LogP contribution is -2.57. The number of imide groups is 1. The number of carbonyl (C=O) groups is 3. The molecule has 6 atom stereocenters. The number of amides is 2. The van der Waals surface area contributed by atoms with Crippen molar-refractivity contribution in [3.63, 3.8) is 0 Å². The highest BCUT2D eigenvalue weighted by Gasteiger charge is 2.59. The second-order valence-corrected chi connectivity index (χ2v) is 9.67. The number of fused-ring (bicyclic) bond motifs is 1. The Kier molecular flexibility index (Phi) is 4.85. The highest BCUT2D eigenvalue weighted by Crippen LogP contribution is 2.61. The van der Waals surface area contributed by atoms with Gasteiger partial charge in [-0.15, -0.1) is 11.6 Å². The van der Waals surface area contributed by atoms with Crippen molar-refractivity contribution in [3.8, 4) is 0 Å². The molecular formula is C20H28ClNO4. The molecule has 3 rings (SSSR count). The van der Waals surface area contributed by atoms with Gasteiger partial charge < -0.3 is 5.11 Å². The fraction of sp³-hybridized carbons (Fsp3) is 0.750. The van der Waals surface area contributed by atoms with Crippen LogP contribution in [0, 0.1) is 28.6 Å². The molecule has 1 heterocycles. The highest BCUT2D eigenvalue weighted by molar-refractivity contribution is 6.21. The summed E-state index contributed by atoms with van der Waals surface area (Å²) in [5, 5.41) is 12.9. The average molecular weight is 382 g/mol. The van der Waals surface area contributed by atoms with Crippen LogP contribution in [0.3, 0.4) is 0 Å². The molecule has 0 aromatic heterocycles. The van der Waals surface area contributed by atoms with Crippen LogP contribution in [0.15, 0.2) is 12.2 Å². The standard InChI is InChI=1S/C20H28ClNO4/c1-10-7-14(24)17-19(2,3)15(21)5-6-20(17,4)12(10)9-13(23)11-8-16(25)22-18(11)26/h11-13,15,17,23H,1,5-9H2,2-4H3,(H,22,25,26)/t11-,12+,13+,15+,17?,20-/m1/s1. The summed E-state index contributed by atoms with van der Waals surface area (Å²) in [5.41, 5.74) is 0.138. The van der Waals surface area contributed by atoms with E-state index >= 15 is 0 Å². The molecular weight excluding hydrogens is 354 g/mol. The molecule has 3 aliphatic rings. The number of carbonyl (C=O) groups excluding carboxylic acids is 3. The van der Waals surface area contributed by atoms with Gasteiger partial charge >= 0.3 is 0 Å². The number of hydrogen-bond donors (Lipinski definition) is 2. The molecule has 5 nitrogen and oxygen atoms in total. The zero-order valence-electron chi connectivity index (χ0n) is 15.7. The lowest BCUT2D eigenvalue weighted by Gasteiger charge is -2.58. The van der Waals surface area contributed by atoms with E-state index in [9.17, 15) is 19.5 Å². The smallest absolute Gasteiger partial charge is 0.232 e. The Morgan fingerprint density at radius 1 is 1.31 bits per heavy atom. The maximum atomic E-state index is 12.9. The van der Waals surface area contributed by atoms with Crippen molar-refractivity contribution in [2.24, 2.45) is 28.6 Å². The average Bonchev–Trinajstić information content (AvgIpc) is 2.86. The van der Waals surface area contributed by atoms with Crippen molar-refractivity contribution in [3.05, 3.63) is 12.2 Å². The van der Waals surface area contributed by atoms with Crippen LogP contribution in [0.25, 0.3) is 0 Å². The Morgan fingerprint density at radius 3 is 2.54 bits per heavy atom. The predicted octanol–water partition coefficient (Wildman–Crippen LogP) is 2.60. The maximum absolute atomic E-state index is 12.9. The molecule has 26 heavy (non-hydrogen) atoms. The summed E-state index contributed by atoms with van der Waals surface area (Å²) in [7, 11) is 0. The quantitative estimate of drug-likeness (QED) is 0.447. The number of allylic oxidation sites excluding steroid dienone is 1. The molecule has 0 aromatic carbocycles. The van der Waals surface area contributed by atoms with E-state index in [1.54, 1.807) is 0 Å². The van der Waals surface area contributed by atoms with Gasteiger partial charge in [-0.1, -0.05) is 32.9 Å². The summed E-state index contributed by atoms with van der Waals surface area (Å²) in [6, 6.07) is 0. The topological polar surface area (TPSA) is 83.5 Å². The Morgan fingerprint density at radius 2 is 1.96 bits per heavy atom. The van der Waals surface area contributed by atoms with E-state index in [4.69, 9.17) is 11.6 Å². The second kappa shape index (κ2) is 6.45. The van der Waals surface area contributed by atoms with Gasteiger partial charge in [-0.25, -0.2) is 0 Å². The van der Waals surface area contributed by atoms with Crippen molar-refractivity contribution >= 4 is 29.2 Å². The fourth-order valence-electron chi connectivity index (χ4n) is 5.78. The first kappa shape index (κ1) is 19.6. The number of halogens is 1. The summed E-state index contributed by atoms with van der Waals surface area (Å²) in [4.78, 5) is 36.3. The summed E-state index contributed by atoms with van der Waals surface area (Å²) in [6.07, 6.45) is 1.32. The zero-order chi connectivity index (χ0) is 19.4. The van der Waals surface area contributed by atoms with Crippen LogP contribution in [0.1, 0.15) is 52.9 Å². The molecule has 2 amide bonds. The van der Waals surface area contributed by atoms with E-state index in [-0.39, 0.29) is 46.2 Å². The van der Waals surface area contributed by atoms with Crippen molar-refractivity contribution in [1.82, 2.24) is 5.32 Å². The second-order valence-electron chi connectivity index (χ2n) is 9.15. The molecule has 1 aliphatic heterocycles. The van der Waals surface area contributed by atoms with E-state index in [1.165, 1.54) is 0 Å². The van der Waals surface area contributed by atoms with Crippen LogP contribution < -0.4 is 5.32 Å². The van der Waals surface area contributed by atoms with E-state index in [0.29, 0.717) is 12.8 Å². The van der Waals surface area contributed by atoms with Crippen LogP contribution in [0.2, 0.25) is 0 Å². The van der Waals surface area contributed by atoms with E-state index < -0.39 is 17.9 Å². The van der Waals surface area contributed by atoms with Gasteiger partial charge in [-0.05, 0) is 36.0 Å². The molecule has 0 spiro atoms. The zero-order valence-corrected chi connectivity index (χ0v) is 16.4. The lowest BCUT2D eigenvalue weighted by atomic mass is 9.46. The van der Waals surface area contributed by atoms with Gasteiger partial charge in [-0.3, -0.25) is 19.7 Å². The Balaban J connectivity index is 1.89. The minimum absolute atomic E-state index is 0.0213. The van der Waals surface area contributed by atoms with Gasteiger partial charge in [0.25, 0.3) is 0 Å². The molecule has 0 radical (unpaired) electrons. The minimum atomic E-state index is -0.925. The summed E-state index contributed by atoms with van der Waals surface area (Å²) in [6.45, 7) is 10.3. The van der Waals surface area contributed by atoms with E-state index in [2.05, 4.69) is 32.7 Å². The SMILES string of the molecule is C=C1CC(=O)C2C(C)(C)[C@@H](Cl)CC[C@]2(C)[C@H]1C[C@H](O)[C@H]1CC(=O)NC1=O. The number of hydrogen-bond acceptors (Lipinski definition) is 4. The van der Waals surface area contributed by atoms with Crippen LogP contribution in [0.4, 0.5) is 0 Å². The number of rotatable bonds is 3. The third-order valence-electron chi connectivity index (χ3n) is 7.11. The Bertz CT molecular complexity index is 673. The fourth-order valence-corrected chi connectivity index (χ4v) is 6.02. The van der Waals surface area contributed by atoms with Crippen LogP contribution in [0.5, 0.6) is 0 Å². The van der Waals surface area contributed by atoms with Crippen molar-refractivity contribution in [2.45, 2.75) is 64.4 Å². The largest absolute Gasteiger partial charge is 0.392 e. The van der Waals surface area contributed by atoms with E-state index in [1.807, 2.05) is 0 Å². The first-order valence-electron chi connectivity index (χ1n) is 9.34. The Labute approximate surface area is 159 Å². The van der Waals surface area contributed by atoms with Gasteiger partial charge in [-0.2, -0.15) is 0 Å². The van der Waals surface area contributed by atoms with Crippen molar-refractivity contribution in [2.75, 3.05) is 0 Å². The number of aliphatic hydroxyl groups excluding tert-OH is 1. The number of nitrogens with one attached hydrogen (secondary N) is 1. The molecule has 3 fully saturated rings. The molecule has 0 bridgehead atoms. The van der Waals surface area contributed by atoms with Crippen LogP contribution in [-0.2, 0) is 14.4 Å². The van der Waals surface area contributed by atoms with Gasteiger partial charge in [0.15, 0.2) is 0 Å². The van der Waals surface area contributed by atoms with Gasteiger partial charge in [0.1, 0.15) is 5.78 Å². The van der Waals surface area contributed by atoms with Gasteiger partial charge in [0, 0.05) is 24.1 Å². The Hall–Kier alpha value is -1.20. The molecule has 1 unspecified atom stereocenters. The molecule has 2 N–H and O–H groups in total. The lowest BCUT2D eigenvalue weighted by molar-refractivity contribution is -0.145. The predicted molar refractivity (Wildman–Crippen MR) is 98.4 cm³/mol. The first-order chi connectivity index (χ1) is 12.0. The highest BCUT2D eigenvalue weighted by atomic mass is 35.5. The van der Waals surface area contributed by atoms with E-state index in [0.717, 1.165) is 18.4 Å². The van der Waals surface area contributed by atoms with Gasteiger partial charge in [0.2, 0.25) is 11.8 Å². The van der Waals surface area contributed by atoms with Gasteiger partial charge in [0.05, 0.1) is 12.0 Å². The molecule has 1 saturated heterocycles. The normalized spacial score (nSPS) is 41.0. The molecule has 0 aromatic rings. The monoisotopic (exact) mass is 381 g/mol. The molecule has 6 heteroatoms. The third kappa shape index (κ3) is 2.93. The number of ketones is 1. The van der Waals surface area contributed by atoms with Crippen molar-refractivity contribution < 1.29 is 19.5 Å². The minimum Gasteiger partial charge on any atom is -0.392 e. The summed E-state index contributed by atoms with van der Waals surface area (Å²) < 4.78 is 0. The first-order valence-corrected chi connectivity index (χ1v) is 9.78. The number of alkyl halides is 1. The maximum Gasteiger partial charge on any atom is 0.232 e. The molecule has 144 valence electrons. The van der Waals surface area contributed by atoms with Crippen molar-refractivity contribution in [1.29, 1.82) is 0 Å². The molecule has 2 saturated carbocycles.